The summed E-state index contributed by atoms with van der Waals surface area (Å²) >= 11 is 0. The Balaban J connectivity index is 2.62. The molecule has 1 aromatic carbocycles. The molecule has 114 valence electrons. The maximum Gasteiger partial charge on any atom is 0.321 e. The zero-order valence-corrected chi connectivity index (χ0v) is 12.7. The fourth-order valence-corrected chi connectivity index (χ4v) is 1.66. The Labute approximate surface area is 124 Å². The third kappa shape index (κ3) is 5.64. The number of amides is 3. The van der Waals surface area contributed by atoms with Crippen molar-refractivity contribution in [3.05, 3.63) is 29.8 Å². The standard InChI is InChI=1S/C15H21N3O3/c1-9(2)16-15(21)18-14(20)10(3)17-13-7-5-6-12(8-13)11(4)19/h5-10,17H,1-4H3,(H2,16,18,20,21)/t10-/m1/s1. The second-order valence-corrected chi connectivity index (χ2v) is 5.12. The van der Waals surface area contributed by atoms with Gasteiger partial charge in [-0.25, -0.2) is 4.79 Å². The van der Waals surface area contributed by atoms with Crippen molar-refractivity contribution in [3.63, 3.8) is 0 Å². The molecule has 0 spiro atoms. The minimum Gasteiger partial charge on any atom is -0.374 e. The van der Waals surface area contributed by atoms with Crippen LogP contribution in [0.3, 0.4) is 0 Å². The molecule has 6 nitrogen and oxygen atoms in total. The fourth-order valence-electron chi connectivity index (χ4n) is 1.66. The zero-order valence-electron chi connectivity index (χ0n) is 12.7. The molecule has 0 aliphatic carbocycles. The van der Waals surface area contributed by atoms with Gasteiger partial charge in [-0.3, -0.25) is 14.9 Å². The van der Waals surface area contributed by atoms with E-state index in [0.717, 1.165) is 0 Å². The number of rotatable bonds is 5. The van der Waals surface area contributed by atoms with Crippen molar-refractivity contribution in [3.8, 4) is 0 Å². The van der Waals surface area contributed by atoms with Gasteiger partial charge in [0.15, 0.2) is 5.78 Å². The molecule has 0 fully saturated rings. The van der Waals surface area contributed by atoms with Crippen LogP contribution >= 0.6 is 0 Å². The number of hydrogen-bond acceptors (Lipinski definition) is 4. The van der Waals surface area contributed by atoms with Crippen LogP contribution in [0.25, 0.3) is 0 Å². The van der Waals surface area contributed by atoms with E-state index >= 15 is 0 Å². The van der Waals surface area contributed by atoms with E-state index in [1.165, 1.54) is 6.92 Å². The number of imide groups is 1. The predicted molar refractivity (Wildman–Crippen MR) is 81.3 cm³/mol. The van der Waals surface area contributed by atoms with E-state index in [1.807, 2.05) is 0 Å². The Hall–Kier alpha value is -2.37. The van der Waals surface area contributed by atoms with Gasteiger partial charge in [-0.2, -0.15) is 0 Å². The largest absolute Gasteiger partial charge is 0.374 e. The van der Waals surface area contributed by atoms with Crippen LogP contribution in [0.5, 0.6) is 0 Å². The molecule has 21 heavy (non-hydrogen) atoms. The topological polar surface area (TPSA) is 87.3 Å². The number of nitrogens with one attached hydrogen (secondary N) is 3. The molecule has 0 radical (unpaired) electrons. The third-order valence-corrected chi connectivity index (χ3v) is 2.70. The molecule has 0 aliphatic heterocycles. The molecule has 0 saturated heterocycles. The highest BCUT2D eigenvalue weighted by molar-refractivity contribution is 5.98. The zero-order chi connectivity index (χ0) is 16.0. The molecule has 6 heteroatoms. The second-order valence-electron chi connectivity index (χ2n) is 5.12. The Kier molecular flexibility index (Phi) is 5.90. The van der Waals surface area contributed by atoms with Crippen LogP contribution in [-0.4, -0.2) is 29.8 Å². The predicted octanol–water partition coefficient (Wildman–Crippen LogP) is 1.92. The van der Waals surface area contributed by atoms with Gasteiger partial charge in [-0.05, 0) is 39.8 Å². The summed E-state index contributed by atoms with van der Waals surface area (Å²) in [5.74, 6) is -0.492. The number of hydrogen-bond donors (Lipinski definition) is 3. The molecule has 0 bridgehead atoms. The summed E-state index contributed by atoms with van der Waals surface area (Å²) in [6, 6.07) is 5.67. The van der Waals surface area contributed by atoms with Crippen LogP contribution in [-0.2, 0) is 4.79 Å². The summed E-state index contributed by atoms with van der Waals surface area (Å²) in [7, 11) is 0. The van der Waals surface area contributed by atoms with Gasteiger partial charge in [0.2, 0.25) is 5.91 Å². The monoisotopic (exact) mass is 291 g/mol. The van der Waals surface area contributed by atoms with Gasteiger partial charge >= 0.3 is 6.03 Å². The van der Waals surface area contributed by atoms with Crippen LogP contribution in [0.2, 0.25) is 0 Å². The maximum absolute atomic E-state index is 11.9. The lowest BCUT2D eigenvalue weighted by atomic mass is 10.1. The number of anilines is 1. The molecule has 1 rings (SSSR count). The Morgan fingerprint density at radius 3 is 2.33 bits per heavy atom. The van der Waals surface area contributed by atoms with Crippen molar-refractivity contribution in [2.75, 3.05) is 5.32 Å². The van der Waals surface area contributed by atoms with Crippen molar-refractivity contribution in [1.82, 2.24) is 10.6 Å². The lowest BCUT2D eigenvalue weighted by molar-refractivity contribution is -0.120. The number of ketones is 1. The number of Topliss-reactive ketones (excluding diaryl/α,β-unsaturated/α-hetero) is 1. The van der Waals surface area contributed by atoms with E-state index in [2.05, 4.69) is 16.0 Å². The number of urea groups is 1. The first-order chi connectivity index (χ1) is 9.79. The lowest BCUT2D eigenvalue weighted by Gasteiger charge is -2.16. The van der Waals surface area contributed by atoms with E-state index in [1.54, 1.807) is 45.0 Å². The first-order valence-corrected chi connectivity index (χ1v) is 6.78. The van der Waals surface area contributed by atoms with Gasteiger partial charge in [0.1, 0.15) is 6.04 Å². The Bertz CT molecular complexity index is 541. The quantitative estimate of drug-likeness (QED) is 0.723. The van der Waals surface area contributed by atoms with E-state index in [9.17, 15) is 14.4 Å². The van der Waals surface area contributed by atoms with E-state index < -0.39 is 18.0 Å². The molecule has 1 aromatic rings. The van der Waals surface area contributed by atoms with Crippen molar-refractivity contribution in [2.24, 2.45) is 0 Å². The van der Waals surface area contributed by atoms with Crippen molar-refractivity contribution < 1.29 is 14.4 Å². The van der Waals surface area contributed by atoms with E-state index in [0.29, 0.717) is 11.3 Å². The second kappa shape index (κ2) is 7.42. The number of benzene rings is 1. The van der Waals surface area contributed by atoms with Gasteiger partial charge in [0.25, 0.3) is 0 Å². The minimum absolute atomic E-state index is 0.0479. The van der Waals surface area contributed by atoms with E-state index in [-0.39, 0.29) is 11.8 Å². The summed E-state index contributed by atoms with van der Waals surface area (Å²) in [6.45, 7) is 6.72. The van der Waals surface area contributed by atoms with Gasteiger partial charge in [0.05, 0.1) is 0 Å². The average Bonchev–Trinajstić information content (AvgIpc) is 2.37. The van der Waals surface area contributed by atoms with Crippen LogP contribution in [0.15, 0.2) is 24.3 Å². The summed E-state index contributed by atoms with van der Waals surface area (Å²) in [5, 5.41) is 7.77. The fraction of sp³-hybridized carbons (Fsp3) is 0.400. The summed E-state index contributed by atoms with van der Waals surface area (Å²) in [4.78, 5) is 34.6. The van der Waals surface area contributed by atoms with Gasteiger partial charge in [-0.15, -0.1) is 0 Å². The average molecular weight is 291 g/mol. The molecular formula is C15H21N3O3. The van der Waals surface area contributed by atoms with Crippen LogP contribution < -0.4 is 16.0 Å². The molecule has 0 heterocycles. The minimum atomic E-state index is -0.606. The SMILES string of the molecule is CC(=O)c1cccc(N[C@H](C)C(=O)NC(=O)NC(C)C)c1. The molecule has 3 amide bonds. The maximum atomic E-state index is 11.9. The highest BCUT2D eigenvalue weighted by Crippen LogP contribution is 2.12. The molecule has 3 N–H and O–H groups in total. The first kappa shape index (κ1) is 16.7. The highest BCUT2D eigenvalue weighted by Gasteiger charge is 2.16. The Morgan fingerprint density at radius 1 is 1.10 bits per heavy atom. The number of carbonyl (C=O) groups is 3. The van der Waals surface area contributed by atoms with Crippen molar-refractivity contribution in [2.45, 2.75) is 39.8 Å². The van der Waals surface area contributed by atoms with Crippen molar-refractivity contribution >= 4 is 23.4 Å². The molecule has 0 aliphatic rings. The first-order valence-electron chi connectivity index (χ1n) is 6.78. The van der Waals surface area contributed by atoms with Gasteiger partial charge in [-0.1, -0.05) is 12.1 Å². The van der Waals surface area contributed by atoms with Crippen LogP contribution in [0, 0.1) is 0 Å². The van der Waals surface area contributed by atoms with Crippen LogP contribution in [0.4, 0.5) is 10.5 Å². The van der Waals surface area contributed by atoms with Gasteiger partial charge < -0.3 is 10.6 Å². The normalized spacial score (nSPS) is 11.7. The molecule has 1 atom stereocenters. The molecular weight excluding hydrogens is 270 g/mol. The smallest absolute Gasteiger partial charge is 0.321 e. The van der Waals surface area contributed by atoms with E-state index in [4.69, 9.17) is 0 Å². The lowest BCUT2D eigenvalue weighted by Crippen LogP contribution is -2.47. The van der Waals surface area contributed by atoms with Crippen molar-refractivity contribution in [1.29, 1.82) is 0 Å². The summed E-state index contributed by atoms with van der Waals surface area (Å²) in [6.07, 6.45) is 0. The number of carbonyl (C=O) groups excluding carboxylic acids is 3. The highest BCUT2D eigenvalue weighted by atomic mass is 16.2. The Morgan fingerprint density at radius 2 is 1.76 bits per heavy atom. The summed E-state index contributed by atoms with van der Waals surface area (Å²) < 4.78 is 0. The molecule has 0 saturated carbocycles. The molecule has 0 unspecified atom stereocenters. The van der Waals surface area contributed by atoms with Gasteiger partial charge in [0, 0.05) is 17.3 Å². The summed E-state index contributed by atoms with van der Waals surface area (Å²) in [5.41, 5.74) is 1.21. The molecule has 0 aromatic heterocycles. The van der Waals surface area contributed by atoms with Crippen LogP contribution in [0.1, 0.15) is 38.1 Å². The third-order valence-electron chi connectivity index (χ3n) is 2.70.